The zero-order valence-corrected chi connectivity index (χ0v) is 11.5. The normalized spacial score (nSPS) is 12.6. The molecule has 0 amide bonds. The van der Waals surface area contributed by atoms with Crippen molar-refractivity contribution in [3.8, 4) is 0 Å². The topological polar surface area (TPSA) is 23.5 Å². The average Bonchev–Trinajstić information content (AvgIpc) is 2.49. The minimum Gasteiger partial charge on any atom is -0.389 e. The van der Waals surface area contributed by atoms with E-state index in [-0.39, 0.29) is 0 Å². The first-order chi connectivity index (χ1) is 9.78. The van der Waals surface area contributed by atoms with Gasteiger partial charge in [-0.2, -0.15) is 0 Å². The molecule has 3 heteroatoms. The van der Waals surface area contributed by atoms with Crippen LogP contribution in [0, 0.1) is 0 Å². The molecule has 2 rings (SSSR count). The van der Waals surface area contributed by atoms with Crippen LogP contribution in [0.4, 0.5) is 4.39 Å². The Kier molecular flexibility index (Phi) is 5.71. The molecule has 0 fully saturated rings. The molecular weight excluding hydrogens is 253 g/mol. The predicted octanol–water partition coefficient (Wildman–Crippen LogP) is 3.02. The second-order valence-electron chi connectivity index (χ2n) is 4.95. The highest BCUT2D eigenvalue weighted by atomic mass is 19.1. The molecule has 106 valence electrons. The molecular formula is C17H20FNO. The summed E-state index contributed by atoms with van der Waals surface area (Å²) in [6, 6.07) is 20.1. The molecule has 0 aromatic heterocycles. The van der Waals surface area contributed by atoms with E-state index in [1.165, 1.54) is 0 Å². The molecule has 0 saturated carbocycles. The van der Waals surface area contributed by atoms with Gasteiger partial charge < -0.3 is 5.11 Å². The van der Waals surface area contributed by atoms with Gasteiger partial charge in [0.2, 0.25) is 0 Å². The lowest BCUT2D eigenvalue weighted by atomic mass is 10.1. The van der Waals surface area contributed by atoms with Crippen LogP contribution in [0.1, 0.15) is 11.1 Å². The fraction of sp³-hybridized carbons (Fsp3) is 0.294. The molecule has 0 aliphatic rings. The lowest BCUT2D eigenvalue weighted by molar-refractivity contribution is 0.0831. The Hall–Kier alpha value is -1.71. The van der Waals surface area contributed by atoms with Crippen molar-refractivity contribution in [1.29, 1.82) is 0 Å². The first kappa shape index (κ1) is 14.7. The Morgan fingerprint density at radius 1 is 0.850 bits per heavy atom. The third-order valence-electron chi connectivity index (χ3n) is 3.15. The first-order valence-electron chi connectivity index (χ1n) is 6.82. The largest absolute Gasteiger partial charge is 0.389 e. The van der Waals surface area contributed by atoms with Crippen molar-refractivity contribution >= 4 is 0 Å². The highest BCUT2D eigenvalue weighted by molar-refractivity contribution is 5.17. The van der Waals surface area contributed by atoms with Crippen LogP contribution >= 0.6 is 0 Å². The van der Waals surface area contributed by atoms with Crippen molar-refractivity contribution in [3.63, 3.8) is 0 Å². The van der Waals surface area contributed by atoms with Crippen LogP contribution in [0.15, 0.2) is 60.7 Å². The molecule has 2 aromatic carbocycles. The van der Waals surface area contributed by atoms with Crippen LogP contribution < -0.4 is 0 Å². The van der Waals surface area contributed by atoms with Crippen LogP contribution in [-0.4, -0.2) is 29.3 Å². The van der Waals surface area contributed by atoms with Crippen molar-refractivity contribution in [2.24, 2.45) is 0 Å². The van der Waals surface area contributed by atoms with Crippen LogP contribution in [0.3, 0.4) is 0 Å². The van der Waals surface area contributed by atoms with Gasteiger partial charge in [0.15, 0.2) is 0 Å². The number of benzene rings is 2. The van der Waals surface area contributed by atoms with Gasteiger partial charge in [-0.1, -0.05) is 60.7 Å². The fourth-order valence-electron chi connectivity index (χ4n) is 2.22. The average molecular weight is 273 g/mol. The second kappa shape index (κ2) is 7.78. The number of halogens is 1. The summed E-state index contributed by atoms with van der Waals surface area (Å²) in [5, 5.41) is 9.57. The summed E-state index contributed by atoms with van der Waals surface area (Å²) >= 11 is 0. The SMILES string of the molecule is O[C@H](CF)CN(Cc1ccccc1)Cc1ccccc1. The molecule has 0 spiro atoms. The molecule has 2 nitrogen and oxygen atoms in total. The summed E-state index contributed by atoms with van der Waals surface area (Å²) in [4.78, 5) is 2.06. The minimum absolute atomic E-state index is 0.334. The quantitative estimate of drug-likeness (QED) is 0.838. The van der Waals surface area contributed by atoms with Gasteiger partial charge >= 0.3 is 0 Å². The van der Waals surface area contributed by atoms with Gasteiger partial charge in [-0.3, -0.25) is 4.90 Å². The van der Waals surface area contributed by atoms with E-state index in [4.69, 9.17) is 0 Å². The van der Waals surface area contributed by atoms with E-state index in [0.29, 0.717) is 19.6 Å². The number of aliphatic hydroxyl groups excluding tert-OH is 1. The van der Waals surface area contributed by atoms with Gasteiger partial charge in [-0.25, -0.2) is 4.39 Å². The van der Waals surface area contributed by atoms with Crippen molar-refractivity contribution < 1.29 is 9.50 Å². The van der Waals surface area contributed by atoms with E-state index in [1.807, 2.05) is 60.7 Å². The molecule has 0 bridgehead atoms. The summed E-state index contributed by atoms with van der Waals surface area (Å²) in [7, 11) is 0. The van der Waals surface area contributed by atoms with Crippen LogP contribution in [0.2, 0.25) is 0 Å². The van der Waals surface area contributed by atoms with Crippen LogP contribution in [-0.2, 0) is 13.1 Å². The maximum atomic E-state index is 12.5. The molecule has 1 atom stereocenters. The maximum Gasteiger partial charge on any atom is 0.117 e. The Bertz CT molecular complexity index is 447. The zero-order valence-electron chi connectivity index (χ0n) is 11.5. The number of rotatable bonds is 7. The third-order valence-corrected chi connectivity index (χ3v) is 3.15. The summed E-state index contributed by atoms with van der Waals surface area (Å²) in [5.41, 5.74) is 2.32. The highest BCUT2D eigenvalue weighted by Gasteiger charge is 2.12. The van der Waals surface area contributed by atoms with Gasteiger partial charge in [0.25, 0.3) is 0 Å². The smallest absolute Gasteiger partial charge is 0.117 e. The highest BCUT2D eigenvalue weighted by Crippen LogP contribution is 2.10. The molecule has 2 aromatic rings. The number of nitrogens with zero attached hydrogens (tertiary/aromatic N) is 1. The summed E-state index contributed by atoms with van der Waals surface area (Å²) in [6.45, 7) is 1.03. The van der Waals surface area contributed by atoms with Gasteiger partial charge in [0.05, 0.1) is 6.10 Å². The van der Waals surface area contributed by atoms with Gasteiger partial charge in [-0.05, 0) is 11.1 Å². The lowest BCUT2D eigenvalue weighted by Crippen LogP contribution is -2.32. The third kappa shape index (κ3) is 4.76. The fourth-order valence-corrected chi connectivity index (χ4v) is 2.22. The van der Waals surface area contributed by atoms with Gasteiger partial charge in [0, 0.05) is 19.6 Å². The van der Waals surface area contributed by atoms with E-state index in [0.717, 1.165) is 11.1 Å². The summed E-state index contributed by atoms with van der Waals surface area (Å²) < 4.78 is 12.5. The molecule has 0 saturated heterocycles. The van der Waals surface area contributed by atoms with Crippen molar-refractivity contribution in [1.82, 2.24) is 4.90 Å². The van der Waals surface area contributed by atoms with Gasteiger partial charge in [0.1, 0.15) is 6.67 Å². The predicted molar refractivity (Wildman–Crippen MR) is 79.0 cm³/mol. The number of alkyl halides is 1. The number of aliphatic hydroxyl groups is 1. The Morgan fingerprint density at radius 3 is 1.70 bits per heavy atom. The van der Waals surface area contributed by atoms with Crippen molar-refractivity contribution in [2.75, 3.05) is 13.2 Å². The van der Waals surface area contributed by atoms with E-state index in [2.05, 4.69) is 4.90 Å². The molecule has 0 aliphatic heterocycles. The Morgan fingerprint density at radius 2 is 1.30 bits per heavy atom. The summed E-state index contributed by atoms with van der Waals surface area (Å²) in [6.07, 6.45) is -0.928. The van der Waals surface area contributed by atoms with E-state index >= 15 is 0 Å². The van der Waals surface area contributed by atoms with E-state index < -0.39 is 12.8 Å². The van der Waals surface area contributed by atoms with Crippen LogP contribution in [0.25, 0.3) is 0 Å². The van der Waals surface area contributed by atoms with Crippen molar-refractivity contribution in [2.45, 2.75) is 19.2 Å². The standard InChI is InChI=1S/C17H20FNO/c18-11-17(20)14-19(12-15-7-3-1-4-8-15)13-16-9-5-2-6-10-16/h1-10,17,20H,11-14H2/t17-/m1/s1. The lowest BCUT2D eigenvalue weighted by Gasteiger charge is -2.24. The van der Waals surface area contributed by atoms with Crippen molar-refractivity contribution in [3.05, 3.63) is 71.8 Å². The first-order valence-corrected chi connectivity index (χ1v) is 6.82. The molecule has 1 N–H and O–H groups in total. The van der Waals surface area contributed by atoms with E-state index in [9.17, 15) is 9.50 Å². The summed E-state index contributed by atoms with van der Waals surface area (Å²) in [5.74, 6) is 0. The maximum absolute atomic E-state index is 12.5. The zero-order chi connectivity index (χ0) is 14.2. The minimum atomic E-state index is -0.928. The molecule has 0 radical (unpaired) electrons. The Labute approximate surface area is 119 Å². The second-order valence-corrected chi connectivity index (χ2v) is 4.95. The monoisotopic (exact) mass is 273 g/mol. The van der Waals surface area contributed by atoms with Crippen LogP contribution in [0.5, 0.6) is 0 Å². The van der Waals surface area contributed by atoms with Gasteiger partial charge in [-0.15, -0.1) is 0 Å². The van der Waals surface area contributed by atoms with E-state index in [1.54, 1.807) is 0 Å². The molecule has 20 heavy (non-hydrogen) atoms. The number of hydrogen-bond acceptors (Lipinski definition) is 2. The molecule has 0 unspecified atom stereocenters. The Balaban J connectivity index is 2.04. The number of hydrogen-bond donors (Lipinski definition) is 1. The molecule has 0 heterocycles. The molecule has 0 aliphatic carbocycles.